The first-order valence-electron chi connectivity index (χ1n) is 5.44. The molecule has 0 saturated carbocycles. The molecular weight excluding hydrogens is 192 g/mol. The maximum absolute atomic E-state index is 11.5. The van der Waals surface area contributed by atoms with E-state index in [9.17, 15) is 4.79 Å². The monoisotopic (exact) mass is 212 g/mol. The third kappa shape index (κ3) is 3.51. The number of nitrogens with zero attached hydrogens (tertiary/aromatic N) is 3. The molecule has 1 rings (SSSR count). The SMILES string of the molecule is CCCNCC(C)Cn1ncn(C)c1=O. The highest BCUT2D eigenvalue weighted by Gasteiger charge is 2.06. The Bertz CT molecular complexity index is 341. The minimum Gasteiger partial charge on any atom is -0.316 e. The number of rotatable bonds is 6. The van der Waals surface area contributed by atoms with Gasteiger partial charge in [0.05, 0.1) is 6.54 Å². The zero-order valence-electron chi connectivity index (χ0n) is 9.73. The second-order valence-corrected chi connectivity index (χ2v) is 4.02. The molecule has 0 aliphatic carbocycles. The van der Waals surface area contributed by atoms with Crippen LogP contribution in [0.5, 0.6) is 0 Å². The van der Waals surface area contributed by atoms with Crippen molar-refractivity contribution in [3.63, 3.8) is 0 Å². The summed E-state index contributed by atoms with van der Waals surface area (Å²) >= 11 is 0. The maximum atomic E-state index is 11.5. The molecule has 15 heavy (non-hydrogen) atoms. The van der Waals surface area contributed by atoms with Crippen molar-refractivity contribution in [2.45, 2.75) is 26.8 Å². The van der Waals surface area contributed by atoms with Crippen LogP contribution in [0.15, 0.2) is 11.1 Å². The van der Waals surface area contributed by atoms with E-state index >= 15 is 0 Å². The summed E-state index contributed by atoms with van der Waals surface area (Å²) in [5, 5.41) is 7.35. The Hall–Kier alpha value is -1.10. The zero-order chi connectivity index (χ0) is 11.3. The average molecular weight is 212 g/mol. The van der Waals surface area contributed by atoms with Gasteiger partial charge >= 0.3 is 5.69 Å². The summed E-state index contributed by atoms with van der Waals surface area (Å²) in [5.41, 5.74) is -0.0441. The van der Waals surface area contributed by atoms with Gasteiger partial charge in [-0.2, -0.15) is 5.10 Å². The summed E-state index contributed by atoms with van der Waals surface area (Å²) in [4.78, 5) is 11.5. The van der Waals surface area contributed by atoms with Crippen LogP contribution >= 0.6 is 0 Å². The van der Waals surface area contributed by atoms with E-state index in [2.05, 4.69) is 24.3 Å². The average Bonchev–Trinajstić information content (AvgIpc) is 2.50. The van der Waals surface area contributed by atoms with Crippen molar-refractivity contribution >= 4 is 0 Å². The molecule has 0 radical (unpaired) electrons. The van der Waals surface area contributed by atoms with Gasteiger partial charge in [-0.25, -0.2) is 9.48 Å². The van der Waals surface area contributed by atoms with Crippen LogP contribution in [0, 0.1) is 5.92 Å². The van der Waals surface area contributed by atoms with Crippen molar-refractivity contribution in [2.75, 3.05) is 13.1 Å². The van der Waals surface area contributed by atoms with Crippen LogP contribution in [0.4, 0.5) is 0 Å². The van der Waals surface area contributed by atoms with E-state index in [0.717, 1.165) is 19.5 Å². The van der Waals surface area contributed by atoms with Gasteiger partial charge in [0, 0.05) is 7.05 Å². The predicted octanol–water partition coefficient (Wildman–Crippen LogP) is 0.218. The Morgan fingerprint density at radius 2 is 2.33 bits per heavy atom. The van der Waals surface area contributed by atoms with E-state index in [4.69, 9.17) is 0 Å². The van der Waals surface area contributed by atoms with Gasteiger partial charge in [0.15, 0.2) is 0 Å². The Labute approximate surface area is 90.1 Å². The van der Waals surface area contributed by atoms with Gasteiger partial charge in [0.1, 0.15) is 6.33 Å². The quantitative estimate of drug-likeness (QED) is 0.686. The van der Waals surface area contributed by atoms with Crippen molar-refractivity contribution in [1.82, 2.24) is 19.7 Å². The number of hydrogen-bond acceptors (Lipinski definition) is 3. The molecule has 0 fully saturated rings. The van der Waals surface area contributed by atoms with Crippen molar-refractivity contribution in [3.8, 4) is 0 Å². The number of aromatic nitrogens is 3. The van der Waals surface area contributed by atoms with Gasteiger partial charge in [0.25, 0.3) is 0 Å². The van der Waals surface area contributed by atoms with Crippen molar-refractivity contribution in [2.24, 2.45) is 13.0 Å². The van der Waals surface area contributed by atoms with Crippen LogP contribution in [0.25, 0.3) is 0 Å². The fourth-order valence-electron chi connectivity index (χ4n) is 1.43. The summed E-state index contributed by atoms with van der Waals surface area (Å²) in [7, 11) is 1.71. The lowest BCUT2D eigenvalue weighted by atomic mass is 10.2. The second kappa shape index (κ2) is 5.70. The van der Waals surface area contributed by atoms with Crippen molar-refractivity contribution in [3.05, 3.63) is 16.8 Å². The molecule has 0 saturated heterocycles. The van der Waals surface area contributed by atoms with Crippen LogP contribution in [0.3, 0.4) is 0 Å². The molecule has 1 heterocycles. The van der Waals surface area contributed by atoms with Gasteiger partial charge in [0.2, 0.25) is 0 Å². The molecular formula is C10H20N4O. The molecule has 1 atom stereocenters. The Morgan fingerprint density at radius 1 is 1.60 bits per heavy atom. The highest BCUT2D eigenvalue weighted by molar-refractivity contribution is 4.67. The molecule has 0 aliphatic rings. The van der Waals surface area contributed by atoms with Gasteiger partial charge in [-0.15, -0.1) is 0 Å². The largest absolute Gasteiger partial charge is 0.345 e. The molecule has 5 nitrogen and oxygen atoms in total. The number of aryl methyl sites for hydroxylation is 1. The minimum absolute atomic E-state index is 0.0441. The van der Waals surface area contributed by atoms with E-state index in [0.29, 0.717) is 12.5 Å². The summed E-state index contributed by atoms with van der Waals surface area (Å²) in [5.74, 6) is 0.421. The van der Waals surface area contributed by atoms with Gasteiger partial charge in [-0.3, -0.25) is 4.57 Å². The molecule has 1 unspecified atom stereocenters. The van der Waals surface area contributed by atoms with Crippen molar-refractivity contribution in [1.29, 1.82) is 0 Å². The first kappa shape index (κ1) is 12.0. The molecule has 1 aromatic rings. The first-order valence-corrected chi connectivity index (χ1v) is 5.44. The first-order chi connectivity index (χ1) is 7.15. The Balaban J connectivity index is 2.41. The maximum Gasteiger partial charge on any atom is 0.345 e. The van der Waals surface area contributed by atoms with Gasteiger partial charge in [-0.1, -0.05) is 13.8 Å². The minimum atomic E-state index is -0.0441. The molecule has 86 valence electrons. The van der Waals surface area contributed by atoms with Crippen LogP contribution in [0.2, 0.25) is 0 Å². The summed E-state index contributed by atoms with van der Waals surface area (Å²) < 4.78 is 3.00. The lowest BCUT2D eigenvalue weighted by Gasteiger charge is -2.11. The summed E-state index contributed by atoms with van der Waals surface area (Å²) in [6, 6.07) is 0. The van der Waals surface area contributed by atoms with E-state index in [1.54, 1.807) is 13.4 Å². The Morgan fingerprint density at radius 3 is 2.87 bits per heavy atom. The van der Waals surface area contributed by atoms with E-state index in [-0.39, 0.29) is 5.69 Å². The summed E-state index contributed by atoms with van der Waals surface area (Å²) in [6.45, 7) is 6.89. The van der Waals surface area contributed by atoms with Crippen LogP contribution in [-0.2, 0) is 13.6 Å². The molecule has 0 amide bonds. The van der Waals surface area contributed by atoms with E-state index in [1.807, 2.05) is 0 Å². The smallest absolute Gasteiger partial charge is 0.316 e. The van der Waals surface area contributed by atoms with Crippen LogP contribution in [0.1, 0.15) is 20.3 Å². The zero-order valence-corrected chi connectivity index (χ0v) is 9.73. The molecule has 1 N–H and O–H groups in total. The molecule has 5 heteroatoms. The number of nitrogens with one attached hydrogen (secondary N) is 1. The summed E-state index contributed by atoms with van der Waals surface area (Å²) in [6.07, 6.45) is 2.69. The molecule has 0 bridgehead atoms. The third-order valence-electron chi connectivity index (χ3n) is 2.29. The lowest BCUT2D eigenvalue weighted by molar-refractivity contribution is 0.413. The molecule has 0 aliphatic heterocycles. The fraction of sp³-hybridized carbons (Fsp3) is 0.800. The molecule has 1 aromatic heterocycles. The third-order valence-corrected chi connectivity index (χ3v) is 2.29. The van der Waals surface area contributed by atoms with Crippen LogP contribution < -0.4 is 11.0 Å². The fourth-order valence-corrected chi connectivity index (χ4v) is 1.43. The second-order valence-electron chi connectivity index (χ2n) is 4.02. The van der Waals surface area contributed by atoms with Crippen molar-refractivity contribution < 1.29 is 0 Å². The Kier molecular flexibility index (Phi) is 4.55. The highest BCUT2D eigenvalue weighted by atomic mass is 16.2. The number of hydrogen-bond donors (Lipinski definition) is 1. The lowest BCUT2D eigenvalue weighted by Crippen LogP contribution is -2.30. The predicted molar refractivity (Wildman–Crippen MR) is 59.8 cm³/mol. The van der Waals surface area contributed by atoms with Gasteiger partial charge in [-0.05, 0) is 25.4 Å². The molecule has 0 spiro atoms. The van der Waals surface area contributed by atoms with E-state index in [1.165, 1.54) is 9.25 Å². The standard InChI is InChI=1S/C10H20N4O/c1-4-5-11-6-9(2)7-14-10(15)13(3)8-12-14/h8-9,11H,4-7H2,1-3H3. The normalized spacial score (nSPS) is 13.0. The molecule has 0 aromatic carbocycles. The van der Waals surface area contributed by atoms with Gasteiger partial charge < -0.3 is 5.32 Å². The highest BCUT2D eigenvalue weighted by Crippen LogP contribution is 1.95. The van der Waals surface area contributed by atoms with Crippen LogP contribution in [-0.4, -0.2) is 27.4 Å². The van der Waals surface area contributed by atoms with E-state index < -0.39 is 0 Å². The topological polar surface area (TPSA) is 51.9 Å².